The van der Waals surface area contributed by atoms with E-state index in [0.29, 0.717) is 25.8 Å². The highest BCUT2D eigenvalue weighted by atomic mass is 16.5. The number of esters is 3. The van der Waals surface area contributed by atoms with Crippen LogP contribution in [0.15, 0.2) is 0 Å². The molecule has 2 atom stereocenters. The highest BCUT2D eigenvalue weighted by Crippen LogP contribution is 2.04. The van der Waals surface area contributed by atoms with Gasteiger partial charge >= 0.3 is 23.9 Å². The van der Waals surface area contributed by atoms with E-state index in [-0.39, 0.29) is 12.8 Å². The number of nitrogens with one attached hydrogen (secondary N) is 2. The summed E-state index contributed by atoms with van der Waals surface area (Å²) in [5.74, 6) is -1.83. The normalized spacial score (nSPS) is 12.5. The molecule has 0 heterocycles. The summed E-state index contributed by atoms with van der Waals surface area (Å²) in [4.78, 5) is 46.7. The van der Waals surface area contributed by atoms with E-state index in [1.165, 1.54) is 14.2 Å². The molecular formula is C15H27N3O7. The molecule has 0 aliphatic carbocycles. The van der Waals surface area contributed by atoms with Crippen LogP contribution in [0.5, 0.6) is 0 Å². The number of nitrogens with two attached hydrogens (primary N) is 1. The smallest absolute Gasteiger partial charge is 0.328 e. The van der Waals surface area contributed by atoms with Gasteiger partial charge in [0.1, 0.15) is 12.1 Å². The summed E-state index contributed by atoms with van der Waals surface area (Å²) in [5.41, 5.74) is 5.40. The molecule has 1 unspecified atom stereocenters. The third kappa shape index (κ3) is 9.50. The lowest BCUT2D eigenvalue weighted by molar-refractivity contribution is -0.144. The zero-order valence-corrected chi connectivity index (χ0v) is 14.8. The van der Waals surface area contributed by atoms with E-state index in [2.05, 4.69) is 24.8 Å². The zero-order chi connectivity index (χ0) is 19.2. The van der Waals surface area contributed by atoms with E-state index in [1.807, 2.05) is 0 Å². The Balaban J connectivity index is 4.73. The van der Waals surface area contributed by atoms with Gasteiger partial charge < -0.3 is 30.6 Å². The van der Waals surface area contributed by atoms with Crippen LogP contribution in [0.3, 0.4) is 0 Å². The summed E-state index contributed by atoms with van der Waals surface area (Å²) >= 11 is 0. The Bertz CT molecular complexity index is 456. The number of ether oxygens (including phenoxy) is 3. The molecule has 2 amide bonds. The Morgan fingerprint density at radius 2 is 1.36 bits per heavy atom. The predicted molar refractivity (Wildman–Crippen MR) is 87.4 cm³/mol. The number of unbranched alkanes of at least 4 members (excludes halogenated alkanes) is 1. The minimum Gasteiger partial charge on any atom is -0.469 e. The van der Waals surface area contributed by atoms with Gasteiger partial charge in [-0.2, -0.15) is 0 Å². The molecule has 0 aromatic carbocycles. The Labute approximate surface area is 146 Å². The van der Waals surface area contributed by atoms with Crippen LogP contribution in [0.4, 0.5) is 4.79 Å². The van der Waals surface area contributed by atoms with Crippen molar-refractivity contribution in [3.8, 4) is 0 Å². The first kappa shape index (κ1) is 22.6. The van der Waals surface area contributed by atoms with Gasteiger partial charge in [-0.1, -0.05) is 0 Å². The molecule has 0 aliphatic rings. The molecule has 144 valence electrons. The maximum absolute atomic E-state index is 12.1. The summed E-state index contributed by atoms with van der Waals surface area (Å²) in [6.07, 6.45) is 1.60. The second kappa shape index (κ2) is 13.0. The lowest BCUT2D eigenvalue weighted by atomic mass is 10.1. The molecule has 0 rings (SSSR count). The van der Waals surface area contributed by atoms with Gasteiger partial charge in [-0.05, 0) is 32.2 Å². The topological polar surface area (TPSA) is 146 Å². The fourth-order valence-electron chi connectivity index (χ4n) is 2.00. The number of hydrogen-bond acceptors (Lipinski definition) is 8. The summed E-state index contributed by atoms with van der Waals surface area (Å²) in [6, 6.07) is -2.66. The maximum Gasteiger partial charge on any atom is 0.328 e. The highest BCUT2D eigenvalue weighted by Gasteiger charge is 2.26. The zero-order valence-electron chi connectivity index (χ0n) is 14.8. The first-order chi connectivity index (χ1) is 11.9. The third-order valence-corrected chi connectivity index (χ3v) is 3.39. The van der Waals surface area contributed by atoms with E-state index in [9.17, 15) is 19.2 Å². The van der Waals surface area contributed by atoms with Crippen molar-refractivity contribution in [3.63, 3.8) is 0 Å². The van der Waals surface area contributed by atoms with Crippen molar-refractivity contribution in [1.29, 1.82) is 0 Å². The van der Waals surface area contributed by atoms with Crippen LogP contribution >= 0.6 is 0 Å². The van der Waals surface area contributed by atoms with Gasteiger partial charge in [0, 0.05) is 6.42 Å². The van der Waals surface area contributed by atoms with E-state index >= 15 is 0 Å². The van der Waals surface area contributed by atoms with Crippen molar-refractivity contribution >= 4 is 23.9 Å². The third-order valence-electron chi connectivity index (χ3n) is 3.39. The molecule has 10 nitrogen and oxygen atoms in total. The fraction of sp³-hybridized carbons (Fsp3) is 0.733. The lowest BCUT2D eigenvalue weighted by Gasteiger charge is -2.20. The Morgan fingerprint density at radius 1 is 0.840 bits per heavy atom. The van der Waals surface area contributed by atoms with Gasteiger partial charge in [0.15, 0.2) is 0 Å². The number of amides is 2. The predicted octanol–water partition coefficient (Wildman–Crippen LogP) is -0.549. The number of hydrogen-bond donors (Lipinski definition) is 3. The van der Waals surface area contributed by atoms with Crippen LogP contribution < -0.4 is 16.4 Å². The molecule has 0 radical (unpaired) electrons. The molecule has 10 heteroatoms. The van der Waals surface area contributed by atoms with E-state index in [0.717, 1.165) is 7.11 Å². The second-order valence-corrected chi connectivity index (χ2v) is 5.17. The van der Waals surface area contributed by atoms with Gasteiger partial charge in [-0.25, -0.2) is 14.4 Å². The Hall–Kier alpha value is -2.36. The second-order valence-electron chi connectivity index (χ2n) is 5.17. The van der Waals surface area contributed by atoms with Crippen molar-refractivity contribution in [3.05, 3.63) is 0 Å². The number of methoxy groups -OCH3 is 3. The van der Waals surface area contributed by atoms with Gasteiger partial charge in [-0.15, -0.1) is 0 Å². The largest absolute Gasteiger partial charge is 0.469 e. The maximum atomic E-state index is 12.1. The molecule has 25 heavy (non-hydrogen) atoms. The van der Waals surface area contributed by atoms with Crippen molar-refractivity contribution in [2.45, 2.75) is 44.2 Å². The molecule has 0 saturated carbocycles. The van der Waals surface area contributed by atoms with Crippen LogP contribution in [-0.2, 0) is 28.6 Å². The molecule has 0 aliphatic heterocycles. The minimum atomic E-state index is -1.05. The van der Waals surface area contributed by atoms with Crippen molar-refractivity contribution in [2.75, 3.05) is 27.9 Å². The summed E-state index contributed by atoms with van der Waals surface area (Å²) in [6.45, 7) is 0.470. The average molecular weight is 361 g/mol. The standard InChI is InChI=1S/C15H27N3O7/c1-23-12(19)8-7-11(14(21)25-3)18-15(22)17-10(13(20)24-2)6-4-5-9-16/h10-11H,4-9,16H2,1-3H3,(H2,17,18,22)/t10?,11-/m0/s1. The minimum absolute atomic E-state index is 0.00281. The SMILES string of the molecule is COC(=O)CC[C@H](NC(=O)NC(CCCCN)C(=O)OC)C(=O)OC. The van der Waals surface area contributed by atoms with Gasteiger partial charge in [0.2, 0.25) is 0 Å². The monoisotopic (exact) mass is 361 g/mol. The van der Waals surface area contributed by atoms with E-state index in [4.69, 9.17) is 5.73 Å². The number of carbonyl (C=O) groups is 4. The molecule has 0 spiro atoms. The molecular weight excluding hydrogens is 334 g/mol. The van der Waals surface area contributed by atoms with Crippen molar-refractivity contribution < 1.29 is 33.4 Å². The fourth-order valence-corrected chi connectivity index (χ4v) is 2.00. The average Bonchev–Trinajstić information content (AvgIpc) is 2.62. The molecule has 4 N–H and O–H groups in total. The van der Waals surface area contributed by atoms with E-state index in [1.54, 1.807) is 0 Å². The summed E-state index contributed by atoms with van der Waals surface area (Å²) in [7, 11) is 3.60. The van der Waals surface area contributed by atoms with Gasteiger partial charge in [0.05, 0.1) is 21.3 Å². The Kier molecular flexibility index (Phi) is 11.8. The van der Waals surface area contributed by atoms with Crippen LogP contribution in [0.1, 0.15) is 32.1 Å². The van der Waals surface area contributed by atoms with Crippen molar-refractivity contribution in [2.24, 2.45) is 5.73 Å². The molecule has 0 bridgehead atoms. The van der Waals surface area contributed by atoms with Crippen LogP contribution in [-0.4, -0.2) is 63.9 Å². The molecule has 0 saturated heterocycles. The first-order valence-electron chi connectivity index (χ1n) is 7.89. The Morgan fingerprint density at radius 3 is 1.80 bits per heavy atom. The van der Waals surface area contributed by atoms with Crippen molar-refractivity contribution in [1.82, 2.24) is 10.6 Å². The number of rotatable bonds is 11. The molecule has 0 fully saturated rings. The van der Waals surface area contributed by atoms with Gasteiger partial charge in [0.25, 0.3) is 0 Å². The first-order valence-corrected chi connectivity index (χ1v) is 7.89. The summed E-state index contributed by atoms with van der Waals surface area (Å²) in [5, 5.41) is 4.83. The molecule has 0 aromatic rings. The highest BCUT2D eigenvalue weighted by molar-refractivity contribution is 5.87. The van der Waals surface area contributed by atoms with E-state index < -0.39 is 36.0 Å². The lowest BCUT2D eigenvalue weighted by Crippen LogP contribution is -2.51. The van der Waals surface area contributed by atoms with Crippen LogP contribution in [0.25, 0.3) is 0 Å². The van der Waals surface area contributed by atoms with Gasteiger partial charge in [-0.3, -0.25) is 4.79 Å². The quantitative estimate of drug-likeness (QED) is 0.252. The number of urea groups is 1. The number of carbonyl (C=O) groups excluding carboxylic acids is 4. The van der Waals surface area contributed by atoms with Crippen LogP contribution in [0.2, 0.25) is 0 Å². The molecule has 0 aromatic heterocycles. The van der Waals surface area contributed by atoms with Crippen LogP contribution in [0, 0.1) is 0 Å². The summed E-state index contributed by atoms with van der Waals surface area (Å²) < 4.78 is 13.7.